The number of rotatable bonds is 4. The molecule has 0 saturated heterocycles. The first-order valence-corrected chi connectivity index (χ1v) is 13.2. The van der Waals surface area contributed by atoms with Crippen LogP contribution in [0.5, 0.6) is 11.5 Å². The van der Waals surface area contributed by atoms with E-state index in [9.17, 15) is 17.6 Å². The van der Waals surface area contributed by atoms with Crippen LogP contribution in [0, 0.1) is 23.3 Å². The first-order valence-electron chi connectivity index (χ1n) is 13.2. The van der Waals surface area contributed by atoms with E-state index in [-0.39, 0.29) is 18.6 Å². The molecule has 0 saturated carbocycles. The minimum absolute atomic E-state index is 0. The highest BCUT2D eigenvalue weighted by Gasteiger charge is 2.47. The van der Waals surface area contributed by atoms with E-state index in [1.165, 1.54) is 24.3 Å². The number of hydrogen-bond acceptors (Lipinski definition) is 3. The van der Waals surface area contributed by atoms with Gasteiger partial charge in [-0.25, -0.2) is 17.6 Å². The van der Waals surface area contributed by atoms with Crippen LogP contribution in [0.25, 0.3) is 22.5 Å². The zero-order valence-corrected chi connectivity index (χ0v) is 21.9. The summed E-state index contributed by atoms with van der Waals surface area (Å²) in [6.07, 6.45) is 0. The van der Waals surface area contributed by atoms with Crippen LogP contribution >= 0.6 is 0 Å². The summed E-state index contributed by atoms with van der Waals surface area (Å²) < 4.78 is 63.7. The predicted octanol–water partition coefficient (Wildman–Crippen LogP) is 9.49. The summed E-state index contributed by atoms with van der Waals surface area (Å²) in [5.41, 5.74) is 2.11. The number of fused-ring (bicyclic) bond motifs is 2. The van der Waals surface area contributed by atoms with Crippen LogP contribution < -0.4 is 4.74 Å². The molecule has 7 heteroatoms. The SMILES string of the molecule is C.Fc1ccc(-c2cccc(C3(c4cccc(-c5ccc(F)cc5F)n4)c4ccccc4Oc4ccccc43)n2)c(F)c1. The second kappa shape index (κ2) is 10.8. The Balaban J connectivity index is 0.00000329. The number of ether oxygens (including phenoxy) is 1. The van der Waals surface area contributed by atoms with Crippen LogP contribution in [0.1, 0.15) is 29.9 Å². The number of pyridine rings is 2. The Labute approximate surface area is 246 Å². The molecule has 2 aromatic heterocycles. The van der Waals surface area contributed by atoms with Gasteiger partial charge in [-0.05, 0) is 60.7 Å². The zero-order valence-electron chi connectivity index (χ0n) is 21.9. The van der Waals surface area contributed by atoms with Crippen LogP contribution in [0.4, 0.5) is 17.6 Å². The lowest BCUT2D eigenvalue weighted by molar-refractivity contribution is 0.430. The van der Waals surface area contributed by atoms with Gasteiger partial charge in [-0.1, -0.05) is 56.0 Å². The number of benzene rings is 4. The minimum atomic E-state index is -1.19. The molecule has 3 nitrogen and oxygen atoms in total. The Morgan fingerprint density at radius 2 is 0.930 bits per heavy atom. The van der Waals surface area contributed by atoms with E-state index in [0.717, 1.165) is 23.3 Å². The molecule has 1 aliphatic heterocycles. The van der Waals surface area contributed by atoms with Crippen molar-refractivity contribution >= 4 is 0 Å². The molecule has 212 valence electrons. The molecule has 0 unspecified atom stereocenters. The molecule has 0 atom stereocenters. The summed E-state index contributed by atoms with van der Waals surface area (Å²) in [7, 11) is 0. The summed E-state index contributed by atoms with van der Waals surface area (Å²) in [4.78, 5) is 9.91. The molecule has 0 amide bonds. The maximum Gasteiger partial charge on any atom is 0.135 e. The fraction of sp³-hybridized carbons (Fsp3) is 0.0556. The van der Waals surface area contributed by atoms with Gasteiger partial charge >= 0.3 is 0 Å². The summed E-state index contributed by atoms with van der Waals surface area (Å²) >= 11 is 0. The zero-order chi connectivity index (χ0) is 28.8. The third kappa shape index (κ3) is 4.54. The van der Waals surface area contributed by atoms with E-state index in [4.69, 9.17) is 14.7 Å². The van der Waals surface area contributed by atoms with E-state index in [1.54, 1.807) is 24.3 Å². The lowest BCUT2D eigenvalue weighted by Crippen LogP contribution is -2.36. The Morgan fingerprint density at radius 1 is 0.488 bits per heavy atom. The van der Waals surface area contributed by atoms with Gasteiger partial charge in [0, 0.05) is 34.4 Å². The number of halogens is 4. The van der Waals surface area contributed by atoms with E-state index in [0.29, 0.717) is 34.3 Å². The Morgan fingerprint density at radius 3 is 1.37 bits per heavy atom. The first kappa shape index (κ1) is 27.8. The molecule has 0 spiro atoms. The third-order valence-electron chi connectivity index (χ3n) is 7.48. The predicted molar refractivity (Wildman–Crippen MR) is 158 cm³/mol. The summed E-state index contributed by atoms with van der Waals surface area (Å²) in [6.45, 7) is 0. The van der Waals surface area contributed by atoms with Gasteiger partial charge in [-0.3, -0.25) is 9.97 Å². The molecular formula is C36H24F4N2O. The molecule has 1 aliphatic rings. The van der Waals surface area contributed by atoms with Crippen molar-refractivity contribution in [1.29, 1.82) is 0 Å². The molecular weight excluding hydrogens is 552 g/mol. The average molecular weight is 577 g/mol. The van der Waals surface area contributed by atoms with Crippen molar-refractivity contribution < 1.29 is 22.3 Å². The van der Waals surface area contributed by atoms with E-state index >= 15 is 0 Å². The highest BCUT2D eigenvalue weighted by atomic mass is 19.1. The van der Waals surface area contributed by atoms with Gasteiger partial charge < -0.3 is 4.74 Å². The lowest BCUT2D eigenvalue weighted by Gasteiger charge is -2.39. The topological polar surface area (TPSA) is 35.0 Å². The Hall–Kier alpha value is -5.30. The molecule has 0 N–H and O–H groups in total. The maximum absolute atomic E-state index is 14.9. The van der Waals surface area contributed by atoms with Crippen molar-refractivity contribution in [2.24, 2.45) is 0 Å². The molecule has 4 aromatic carbocycles. The van der Waals surface area contributed by atoms with Gasteiger partial charge in [0.2, 0.25) is 0 Å². The standard InChI is InChI=1S/C35H20F4N2O.CH4/c36-21-15-17-23(27(38)19-21)29-9-5-13-33(40-29)35(25-7-1-3-11-31(25)42-32-12-4-2-8-26(32)35)34-14-6-10-30(41-34)24-18-16-22(37)20-28(24)39;/h1-20H;1H4. The molecule has 0 fully saturated rings. The first-order chi connectivity index (χ1) is 20.4. The molecule has 6 aromatic rings. The fourth-order valence-electron chi connectivity index (χ4n) is 5.66. The Kier molecular flexibility index (Phi) is 7.02. The minimum Gasteiger partial charge on any atom is -0.457 e. The van der Waals surface area contributed by atoms with Crippen molar-refractivity contribution in [3.8, 4) is 34.0 Å². The molecule has 43 heavy (non-hydrogen) atoms. The van der Waals surface area contributed by atoms with Crippen LogP contribution in [0.2, 0.25) is 0 Å². The van der Waals surface area contributed by atoms with Crippen molar-refractivity contribution in [2.75, 3.05) is 0 Å². The fourth-order valence-corrected chi connectivity index (χ4v) is 5.66. The second-order valence-electron chi connectivity index (χ2n) is 9.91. The number of para-hydroxylation sites is 2. The van der Waals surface area contributed by atoms with Crippen LogP contribution in [0.15, 0.2) is 121 Å². The number of nitrogens with zero attached hydrogens (tertiary/aromatic N) is 2. The number of aromatic nitrogens is 2. The number of hydrogen-bond donors (Lipinski definition) is 0. The summed E-state index contributed by atoms with van der Waals surface area (Å²) in [5, 5.41) is 0. The maximum atomic E-state index is 14.9. The Bertz CT molecular complexity index is 1850. The molecule has 0 radical (unpaired) electrons. The molecule has 7 rings (SSSR count). The van der Waals surface area contributed by atoms with Gasteiger partial charge in [0.15, 0.2) is 0 Å². The normalized spacial score (nSPS) is 12.8. The highest BCUT2D eigenvalue weighted by molar-refractivity contribution is 5.70. The van der Waals surface area contributed by atoms with Crippen LogP contribution in [0.3, 0.4) is 0 Å². The van der Waals surface area contributed by atoms with Crippen molar-refractivity contribution in [3.05, 3.63) is 167 Å². The molecule has 0 aliphatic carbocycles. The van der Waals surface area contributed by atoms with E-state index in [1.807, 2.05) is 60.7 Å². The molecule has 0 bridgehead atoms. The highest BCUT2D eigenvalue weighted by Crippen LogP contribution is 2.54. The van der Waals surface area contributed by atoms with Gasteiger partial charge in [-0.15, -0.1) is 0 Å². The average Bonchev–Trinajstić information content (AvgIpc) is 3.00. The third-order valence-corrected chi connectivity index (χ3v) is 7.48. The monoisotopic (exact) mass is 576 g/mol. The van der Waals surface area contributed by atoms with Crippen molar-refractivity contribution in [1.82, 2.24) is 9.97 Å². The van der Waals surface area contributed by atoms with E-state index in [2.05, 4.69) is 0 Å². The lowest BCUT2D eigenvalue weighted by atomic mass is 9.67. The smallest absolute Gasteiger partial charge is 0.135 e. The van der Waals surface area contributed by atoms with Gasteiger partial charge in [0.05, 0.1) is 22.8 Å². The van der Waals surface area contributed by atoms with Crippen molar-refractivity contribution in [3.63, 3.8) is 0 Å². The quantitative estimate of drug-likeness (QED) is 0.196. The second-order valence-corrected chi connectivity index (χ2v) is 9.91. The summed E-state index contributed by atoms with van der Waals surface area (Å²) in [5.74, 6) is -1.73. The van der Waals surface area contributed by atoms with Crippen LogP contribution in [-0.4, -0.2) is 9.97 Å². The van der Waals surface area contributed by atoms with Crippen LogP contribution in [-0.2, 0) is 5.41 Å². The van der Waals surface area contributed by atoms with Gasteiger partial charge in [0.1, 0.15) is 40.2 Å². The largest absolute Gasteiger partial charge is 0.457 e. The van der Waals surface area contributed by atoms with E-state index < -0.39 is 28.7 Å². The molecule has 3 heterocycles. The summed E-state index contributed by atoms with van der Waals surface area (Å²) in [6, 6.07) is 32.1. The van der Waals surface area contributed by atoms with Crippen molar-refractivity contribution in [2.45, 2.75) is 12.8 Å². The van der Waals surface area contributed by atoms with Gasteiger partial charge in [-0.2, -0.15) is 0 Å². The van der Waals surface area contributed by atoms with Gasteiger partial charge in [0.25, 0.3) is 0 Å².